The molecule has 6 heteroatoms. The molecule has 0 fully saturated rings. The molecule has 0 saturated heterocycles. The Morgan fingerprint density at radius 2 is 1.86 bits per heavy atom. The van der Waals surface area contributed by atoms with Crippen molar-refractivity contribution in [3.63, 3.8) is 0 Å². The predicted molar refractivity (Wildman–Crippen MR) is 112 cm³/mol. The molecule has 0 unspecified atom stereocenters. The molecular weight excluding hydrogens is 368 g/mol. The van der Waals surface area contributed by atoms with Crippen LogP contribution >= 0.6 is 11.8 Å². The first kappa shape index (κ1) is 17.0. The van der Waals surface area contributed by atoms with E-state index in [-0.39, 0.29) is 5.91 Å². The van der Waals surface area contributed by atoms with E-state index < -0.39 is 0 Å². The molecule has 2 aromatic carbocycles. The second-order valence-electron chi connectivity index (χ2n) is 6.70. The van der Waals surface area contributed by atoms with E-state index in [4.69, 9.17) is 0 Å². The van der Waals surface area contributed by atoms with Crippen molar-refractivity contribution in [1.82, 2.24) is 14.8 Å². The van der Waals surface area contributed by atoms with Crippen LogP contribution in [0.5, 0.6) is 0 Å². The number of hydrogen-bond acceptors (Lipinski definition) is 4. The van der Waals surface area contributed by atoms with Crippen LogP contribution in [0.15, 0.2) is 78.0 Å². The van der Waals surface area contributed by atoms with Gasteiger partial charge in [-0.15, -0.1) is 11.8 Å². The number of para-hydroxylation sites is 1. The molecule has 0 atom stereocenters. The summed E-state index contributed by atoms with van der Waals surface area (Å²) in [5.74, 6) is 0.880. The van der Waals surface area contributed by atoms with Crippen LogP contribution in [0.25, 0.3) is 11.0 Å². The average Bonchev–Trinajstić information content (AvgIpc) is 3.15. The number of anilines is 1. The Morgan fingerprint density at radius 1 is 1.04 bits per heavy atom. The van der Waals surface area contributed by atoms with Gasteiger partial charge in [-0.25, -0.2) is 9.67 Å². The van der Waals surface area contributed by atoms with E-state index in [1.54, 1.807) is 24.2 Å². The minimum Gasteiger partial charge on any atom is -0.306 e. The number of hydrogen-bond donors (Lipinski definition) is 0. The number of thioether (sulfide) groups is 1. The summed E-state index contributed by atoms with van der Waals surface area (Å²) in [5, 5.41) is 5.34. The molecule has 2 aromatic heterocycles. The highest BCUT2D eigenvalue weighted by atomic mass is 32.2. The van der Waals surface area contributed by atoms with Crippen LogP contribution in [0.3, 0.4) is 0 Å². The number of nitrogens with zero attached hydrogens (tertiary/aromatic N) is 4. The number of aromatic nitrogens is 3. The van der Waals surface area contributed by atoms with E-state index in [2.05, 4.69) is 28.3 Å². The van der Waals surface area contributed by atoms with Gasteiger partial charge in [0.05, 0.1) is 24.0 Å². The number of carbonyl (C=O) groups is 1. The summed E-state index contributed by atoms with van der Waals surface area (Å²) in [6.45, 7) is 1.35. The Balaban J connectivity index is 1.45. The highest BCUT2D eigenvalue weighted by Crippen LogP contribution is 2.35. The summed E-state index contributed by atoms with van der Waals surface area (Å²) in [4.78, 5) is 20.7. The molecule has 5 nitrogen and oxygen atoms in total. The van der Waals surface area contributed by atoms with E-state index >= 15 is 0 Å². The summed E-state index contributed by atoms with van der Waals surface area (Å²) in [5.41, 5.74) is 3.52. The fourth-order valence-corrected chi connectivity index (χ4v) is 4.49. The molecule has 0 bridgehead atoms. The average molecular weight is 386 g/mol. The predicted octanol–water partition coefficient (Wildman–Crippen LogP) is 4.23. The zero-order valence-electron chi connectivity index (χ0n) is 15.2. The molecule has 28 heavy (non-hydrogen) atoms. The lowest BCUT2D eigenvalue weighted by molar-refractivity contribution is 0.0987. The Labute approximate surface area is 167 Å². The normalized spacial score (nSPS) is 13.5. The van der Waals surface area contributed by atoms with E-state index in [1.165, 1.54) is 0 Å². The summed E-state index contributed by atoms with van der Waals surface area (Å²) >= 11 is 1.79. The molecule has 1 aliphatic rings. The van der Waals surface area contributed by atoms with Gasteiger partial charge in [-0.2, -0.15) is 5.10 Å². The number of pyridine rings is 1. The number of amides is 1. The van der Waals surface area contributed by atoms with Gasteiger partial charge >= 0.3 is 0 Å². The highest BCUT2D eigenvalue weighted by molar-refractivity contribution is 7.99. The molecule has 0 radical (unpaired) electrons. The van der Waals surface area contributed by atoms with E-state index in [0.29, 0.717) is 18.7 Å². The van der Waals surface area contributed by atoms with Crippen molar-refractivity contribution in [3.05, 3.63) is 84.2 Å². The lowest BCUT2D eigenvalue weighted by Crippen LogP contribution is -2.35. The van der Waals surface area contributed by atoms with Crippen molar-refractivity contribution in [2.24, 2.45) is 0 Å². The summed E-state index contributed by atoms with van der Waals surface area (Å²) in [6, 6.07) is 20.1. The Kier molecular flexibility index (Phi) is 4.33. The second kappa shape index (κ2) is 7.13. The first-order chi connectivity index (χ1) is 13.8. The minimum absolute atomic E-state index is 0.0158. The molecule has 0 aliphatic carbocycles. The quantitative estimate of drug-likeness (QED) is 0.529. The number of fused-ring (bicyclic) bond motifs is 2. The molecule has 138 valence electrons. The van der Waals surface area contributed by atoms with Gasteiger partial charge in [-0.1, -0.05) is 42.5 Å². The molecular formula is C22H18N4OS. The third kappa shape index (κ3) is 3.05. The Hall–Kier alpha value is -3.12. The van der Waals surface area contributed by atoms with Crippen molar-refractivity contribution in [1.29, 1.82) is 0 Å². The van der Waals surface area contributed by atoms with Crippen molar-refractivity contribution in [2.75, 3.05) is 17.2 Å². The largest absolute Gasteiger partial charge is 0.306 e. The van der Waals surface area contributed by atoms with Gasteiger partial charge in [0.1, 0.15) is 0 Å². The Bertz CT molecular complexity index is 1160. The lowest BCUT2D eigenvalue weighted by Gasteiger charge is -2.28. The molecule has 4 aromatic rings. The van der Waals surface area contributed by atoms with Crippen LogP contribution in [-0.2, 0) is 6.54 Å². The first-order valence-corrected chi connectivity index (χ1v) is 10.2. The smallest absolute Gasteiger partial charge is 0.259 e. The fourth-order valence-electron chi connectivity index (χ4n) is 3.50. The van der Waals surface area contributed by atoms with Gasteiger partial charge in [-0.3, -0.25) is 4.79 Å². The van der Waals surface area contributed by atoms with Crippen LogP contribution in [0.2, 0.25) is 0 Å². The van der Waals surface area contributed by atoms with E-state index in [0.717, 1.165) is 32.9 Å². The summed E-state index contributed by atoms with van der Waals surface area (Å²) in [6.07, 6.45) is 3.44. The molecule has 3 heterocycles. The second-order valence-corrected chi connectivity index (χ2v) is 7.83. The maximum absolute atomic E-state index is 13.2. The third-order valence-corrected chi connectivity index (χ3v) is 5.91. The zero-order valence-corrected chi connectivity index (χ0v) is 16.0. The molecule has 1 aliphatic heterocycles. The highest BCUT2D eigenvalue weighted by Gasteiger charge is 2.24. The molecule has 0 saturated carbocycles. The van der Waals surface area contributed by atoms with Crippen LogP contribution in [-0.4, -0.2) is 33.0 Å². The van der Waals surface area contributed by atoms with Crippen molar-refractivity contribution in [3.8, 4) is 0 Å². The van der Waals surface area contributed by atoms with Crippen LogP contribution < -0.4 is 4.90 Å². The van der Waals surface area contributed by atoms with Gasteiger partial charge in [0.2, 0.25) is 0 Å². The number of carbonyl (C=O) groups excluding carboxylic acids is 1. The van der Waals surface area contributed by atoms with Crippen molar-refractivity contribution < 1.29 is 4.79 Å². The molecule has 1 amide bonds. The number of benzene rings is 2. The number of rotatable bonds is 3. The van der Waals surface area contributed by atoms with Gasteiger partial charge in [-0.05, 0) is 23.8 Å². The third-order valence-electron chi connectivity index (χ3n) is 4.87. The Morgan fingerprint density at radius 3 is 2.75 bits per heavy atom. The maximum atomic E-state index is 13.2. The van der Waals surface area contributed by atoms with E-state index in [9.17, 15) is 4.79 Å². The lowest BCUT2D eigenvalue weighted by atomic mass is 10.2. The topological polar surface area (TPSA) is 51.0 Å². The molecule has 0 spiro atoms. The summed E-state index contributed by atoms with van der Waals surface area (Å²) < 4.78 is 1.87. The molecule has 0 N–H and O–H groups in total. The van der Waals surface area contributed by atoms with Gasteiger partial charge in [0.25, 0.3) is 5.91 Å². The van der Waals surface area contributed by atoms with Gasteiger partial charge in [0.15, 0.2) is 5.65 Å². The van der Waals surface area contributed by atoms with Crippen LogP contribution in [0.4, 0.5) is 5.69 Å². The fraction of sp³-hybridized carbons (Fsp3) is 0.136. The standard InChI is InChI=1S/C22H18N4OS/c27-22(25-10-11-28-20-9-5-4-8-19(20)25)18-12-17-14-24-26(21(17)23-13-18)15-16-6-2-1-3-7-16/h1-9,12-14H,10-11,15H2. The zero-order chi connectivity index (χ0) is 18.9. The maximum Gasteiger partial charge on any atom is 0.259 e. The summed E-state index contributed by atoms with van der Waals surface area (Å²) in [7, 11) is 0. The SMILES string of the molecule is O=C(c1cnc2c(cnn2Cc2ccccc2)c1)N1CCSc2ccccc21. The first-order valence-electron chi connectivity index (χ1n) is 9.19. The monoisotopic (exact) mass is 386 g/mol. The van der Waals surface area contributed by atoms with Crippen molar-refractivity contribution >= 4 is 34.4 Å². The van der Waals surface area contributed by atoms with E-state index in [1.807, 2.05) is 52.0 Å². The van der Waals surface area contributed by atoms with Crippen molar-refractivity contribution in [2.45, 2.75) is 11.4 Å². The van der Waals surface area contributed by atoms with Gasteiger partial charge in [0, 0.05) is 28.8 Å². The minimum atomic E-state index is -0.0158. The van der Waals surface area contributed by atoms with Crippen LogP contribution in [0, 0.1) is 0 Å². The van der Waals surface area contributed by atoms with Crippen LogP contribution in [0.1, 0.15) is 15.9 Å². The van der Waals surface area contributed by atoms with Gasteiger partial charge < -0.3 is 4.90 Å². The molecule has 5 rings (SSSR count).